The number of nitrogens with zero attached hydrogens (tertiary/aromatic N) is 2. The van der Waals surface area contributed by atoms with Gasteiger partial charge in [0.05, 0.1) is 17.8 Å². The second kappa shape index (κ2) is 9.38. The molecule has 2 aromatic carbocycles. The lowest BCUT2D eigenvalue weighted by atomic mass is 9.98. The molecule has 1 aliphatic carbocycles. The number of nitrogens with one attached hydrogen (secondary N) is 1. The molecule has 1 fully saturated rings. The highest BCUT2D eigenvalue weighted by atomic mass is 16.5. The van der Waals surface area contributed by atoms with Gasteiger partial charge in [-0.05, 0) is 18.9 Å². The van der Waals surface area contributed by atoms with E-state index < -0.39 is 18.5 Å². The summed E-state index contributed by atoms with van der Waals surface area (Å²) in [5, 5.41) is 7.07. The smallest absolute Gasteiger partial charge is 0.339 e. The van der Waals surface area contributed by atoms with E-state index in [1.165, 1.54) is 6.07 Å². The number of amides is 1. The molecule has 0 aliphatic heterocycles. The Labute approximate surface area is 180 Å². The second-order valence-electron chi connectivity index (χ2n) is 7.46. The van der Waals surface area contributed by atoms with Crippen LogP contribution in [-0.4, -0.2) is 34.0 Å². The number of ketones is 1. The first-order valence-corrected chi connectivity index (χ1v) is 10.3. The zero-order chi connectivity index (χ0) is 21.6. The van der Waals surface area contributed by atoms with E-state index in [0.29, 0.717) is 11.4 Å². The first kappa shape index (κ1) is 20.5. The average Bonchev–Trinajstić information content (AvgIpc) is 3.49. The molecule has 0 saturated heterocycles. The number of esters is 1. The van der Waals surface area contributed by atoms with Crippen LogP contribution in [0.3, 0.4) is 0 Å². The number of anilines is 1. The van der Waals surface area contributed by atoms with Crippen LogP contribution >= 0.6 is 0 Å². The van der Waals surface area contributed by atoms with Gasteiger partial charge in [0.25, 0.3) is 5.91 Å². The van der Waals surface area contributed by atoms with Gasteiger partial charge < -0.3 is 10.1 Å². The Morgan fingerprint density at radius 3 is 2.35 bits per heavy atom. The van der Waals surface area contributed by atoms with E-state index in [0.717, 1.165) is 25.7 Å². The van der Waals surface area contributed by atoms with Crippen molar-refractivity contribution in [3.8, 4) is 0 Å². The van der Waals surface area contributed by atoms with Crippen LogP contribution in [0.1, 0.15) is 58.0 Å². The van der Waals surface area contributed by atoms with Gasteiger partial charge in [-0.2, -0.15) is 5.10 Å². The highest BCUT2D eigenvalue weighted by Gasteiger charge is 2.22. The Kier molecular flexibility index (Phi) is 6.21. The summed E-state index contributed by atoms with van der Waals surface area (Å²) in [7, 11) is 0. The van der Waals surface area contributed by atoms with Crippen molar-refractivity contribution in [3.63, 3.8) is 0 Å². The number of aromatic nitrogens is 2. The summed E-state index contributed by atoms with van der Waals surface area (Å²) in [6.45, 7) is -0.456. The Morgan fingerprint density at radius 2 is 1.61 bits per heavy atom. The van der Waals surface area contributed by atoms with Crippen molar-refractivity contribution in [1.29, 1.82) is 0 Å². The van der Waals surface area contributed by atoms with E-state index in [9.17, 15) is 14.4 Å². The molecule has 3 aromatic rings. The molecule has 1 aliphatic rings. The second-order valence-corrected chi connectivity index (χ2v) is 7.46. The van der Waals surface area contributed by atoms with Crippen LogP contribution in [0.5, 0.6) is 0 Å². The minimum atomic E-state index is -0.723. The predicted octanol–water partition coefficient (Wildman–Crippen LogP) is 4.02. The highest BCUT2D eigenvalue weighted by Crippen LogP contribution is 2.31. The third-order valence-electron chi connectivity index (χ3n) is 5.37. The molecule has 1 saturated carbocycles. The van der Waals surface area contributed by atoms with E-state index in [2.05, 4.69) is 10.4 Å². The van der Waals surface area contributed by atoms with Crippen LogP contribution in [-0.2, 0) is 9.53 Å². The van der Waals surface area contributed by atoms with Crippen LogP contribution in [0.15, 0.2) is 66.9 Å². The SMILES string of the molecule is O=C(COC(=O)c1ccccc1C(=O)c1ccccc1)Nc1ccnn1C1CCCC1. The van der Waals surface area contributed by atoms with Gasteiger partial charge in [0, 0.05) is 17.2 Å². The van der Waals surface area contributed by atoms with Crippen molar-refractivity contribution >= 4 is 23.5 Å². The monoisotopic (exact) mass is 417 g/mol. The molecule has 7 heteroatoms. The maximum absolute atomic E-state index is 12.8. The quantitative estimate of drug-likeness (QED) is 0.463. The van der Waals surface area contributed by atoms with Gasteiger partial charge in [-0.25, -0.2) is 9.48 Å². The number of benzene rings is 2. The highest BCUT2D eigenvalue weighted by molar-refractivity contribution is 6.14. The van der Waals surface area contributed by atoms with E-state index >= 15 is 0 Å². The third-order valence-corrected chi connectivity index (χ3v) is 5.37. The zero-order valence-electron chi connectivity index (χ0n) is 17.0. The van der Waals surface area contributed by atoms with Crippen molar-refractivity contribution < 1.29 is 19.1 Å². The molecule has 1 N–H and O–H groups in total. The topological polar surface area (TPSA) is 90.3 Å². The Hall–Kier alpha value is -3.74. The summed E-state index contributed by atoms with van der Waals surface area (Å²) < 4.78 is 7.02. The van der Waals surface area contributed by atoms with Gasteiger partial charge in [0.15, 0.2) is 12.4 Å². The van der Waals surface area contributed by atoms with Gasteiger partial charge in [-0.1, -0.05) is 61.4 Å². The van der Waals surface area contributed by atoms with E-state index in [1.807, 2.05) is 10.7 Å². The Balaban J connectivity index is 1.40. The molecule has 0 spiro atoms. The van der Waals surface area contributed by atoms with Crippen LogP contribution in [0, 0.1) is 0 Å². The molecule has 0 unspecified atom stereocenters. The minimum absolute atomic E-state index is 0.125. The van der Waals surface area contributed by atoms with Crippen LogP contribution in [0.25, 0.3) is 0 Å². The van der Waals surface area contributed by atoms with Crippen molar-refractivity contribution in [3.05, 3.63) is 83.6 Å². The molecular weight excluding hydrogens is 394 g/mol. The fraction of sp³-hybridized carbons (Fsp3) is 0.250. The van der Waals surface area contributed by atoms with E-state index in [4.69, 9.17) is 4.74 Å². The summed E-state index contributed by atoms with van der Waals surface area (Å²) in [5.74, 6) is -0.870. The summed E-state index contributed by atoms with van der Waals surface area (Å²) in [6, 6.07) is 17.1. The van der Waals surface area contributed by atoms with Gasteiger partial charge >= 0.3 is 5.97 Å². The number of hydrogen-bond acceptors (Lipinski definition) is 5. The van der Waals surface area contributed by atoms with Crippen molar-refractivity contribution in [2.45, 2.75) is 31.7 Å². The van der Waals surface area contributed by atoms with Crippen molar-refractivity contribution in [2.24, 2.45) is 0 Å². The largest absolute Gasteiger partial charge is 0.452 e. The summed E-state index contributed by atoms with van der Waals surface area (Å²) in [4.78, 5) is 37.8. The molecule has 0 radical (unpaired) electrons. The first-order valence-electron chi connectivity index (χ1n) is 10.3. The van der Waals surface area contributed by atoms with Gasteiger partial charge in [0.1, 0.15) is 5.82 Å². The zero-order valence-corrected chi connectivity index (χ0v) is 17.0. The van der Waals surface area contributed by atoms with Crippen molar-refractivity contribution in [2.75, 3.05) is 11.9 Å². The van der Waals surface area contributed by atoms with Gasteiger partial charge in [-0.3, -0.25) is 9.59 Å². The molecule has 4 rings (SSSR count). The predicted molar refractivity (Wildman–Crippen MR) is 115 cm³/mol. The number of rotatable bonds is 7. The van der Waals surface area contributed by atoms with Crippen LogP contribution in [0.4, 0.5) is 5.82 Å². The van der Waals surface area contributed by atoms with Crippen LogP contribution < -0.4 is 5.32 Å². The molecule has 1 amide bonds. The van der Waals surface area contributed by atoms with Crippen molar-refractivity contribution in [1.82, 2.24) is 9.78 Å². The standard InChI is InChI=1S/C24H23N3O4/c28-22(26-21-14-15-25-27(21)18-10-4-5-11-18)16-31-24(30)20-13-7-6-12-19(20)23(29)17-8-2-1-3-9-17/h1-3,6-9,12-15,18H,4-5,10-11,16H2,(H,26,28). The maximum Gasteiger partial charge on any atom is 0.339 e. The Bertz CT molecular complexity index is 1080. The lowest BCUT2D eigenvalue weighted by Crippen LogP contribution is -2.24. The maximum atomic E-state index is 12.8. The molecule has 0 atom stereocenters. The Morgan fingerprint density at radius 1 is 0.935 bits per heavy atom. The van der Waals surface area contributed by atoms with Crippen LogP contribution in [0.2, 0.25) is 0 Å². The van der Waals surface area contributed by atoms with E-state index in [-0.39, 0.29) is 23.0 Å². The molecule has 1 aromatic heterocycles. The first-order chi connectivity index (χ1) is 15.1. The van der Waals surface area contributed by atoms with E-state index in [1.54, 1.807) is 54.7 Å². The number of carbonyl (C=O) groups is 3. The number of ether oxygens (including phenoxy) is 1. The molecule has 1 heterocycles. The number of carbonyl (C=O) groups excluding carboxylic acids is 3. The summed E-state index contributed by atoms with van der Waals surface area (Å²) in [6.07, 6.45) is 6.01. The minimum Gasteiger partial charge on any atom is -0.452 e. The van der Waals surface area contributed by atoms with Gasteiger partial charge in [0.2, 0.25) is 0 Å². The number of hydrogen-bond donors (Lipinski definition) is 1. The molecule has 31 heavy (non-hydrogen) atoms. The molecule has 158 valence electrons. The third kappa shape index (κ3) is 4.71. The summed E-state index contributed by atoms with van der Waals surface area (Å²) in [5.41, 5.74) is 0.833. The molecular formula is C24H23N3O4. The molecule has 0 bridgehead atoms. The average molecular weight is 417 g/mol. The molecule has 7 nitrogen and oxygen atoms in total. The fourth-order valence-electron chi connectivity index (χ4n) is 3.84. The lowest BCUT2D eigenvalue weighted by molar-refractivity contribution is -0.119. The summed E-state index contributed by atoms with van der Waals surface area (Å²) >= 11 is 0. The fourth-order valence-corrected chi connectivity index (χ4v) is 3.84. The van der Waals surface area contributed by atoms with Gasteiger partial charge in [-0.15, -0.1) is 0 Å². The lowest BCUT2D eigenvalue weighted by Gasteiger charge is -2.14. The normalized spacial score (nSPS) is 13.7.